The topological polar surface area (TPSA) is 241 Å². The van der Waals surface area contributed by atoms with Gasteiger partial charge in [0.1, 0.15) is 69.8 Å². The van der Waals surface area contributed by atoms with Crippen LogP contribution in [-0.2, 0) is 69.4 Å². The fourth-order valence-electron chi connectivity index (χ4n) is 6.38. The molecule has 4 amide bonds. The first-order chi connectivity index (χ1) is 33.2. The second kappa shape index (κ2) is 28.8. The van der Waals surface area contributed by atoms with Crippen LogP contribution < -0.4 is 27.0 Å². The van der Waals surface area contributed by atoms with Gasteiger partial charge in [-0.2, -0.15) is 4.98 Å². The summed E-state index contributed by atoms with van der Waals surface area (Å²) < 4.78 is 34.3. The van der Waals surface area contributed by atoms with Crippen LogP contribution in [0.15, 0.2) is 108 Å². The molecule has 0 aliphatic heterocycles. The van der Waals surface area contributed by atoms with Gasteiger partial charge in [-0.25, -0.2) is 28.8 Å². The molecule has 0 radical (unpaired) electrons. The number of aromatic nitrogens is 2. The standard InChI is InChI=1S/C50H64N6O13/c1-7-33(4)41(53-48(61)66-27-36-19-13-10-14-20-36)44(57)51-40-25-26-56(47(60)52-40)32-69-39(30-64-45(58)42(34(5)8-2)54-49(62)67-28-37-21-15-11-16-22-37)31-65-46(59)43(35(6)9-3)55-50(63)68-29-38-23-17-12-18-24-38/h10-26,33-35,39,41-43H,7-9,27-32H2,1-6H3,(H,53,61)(H,54,62)(H,55,63)(H,51,52,57,60)/t33-,34-,35-,41-,42-,43-/m0/s1. The largest absolute Gasteiger partial charge is 0.461 e. The van der Waals surface area contributed by atoms with Crippen molar-refractivity contribution in [3.8, 4) is 0 Å². The van der Waals surface area contributed by atoms with Gasteiger partial charge < -0.3 is 49.7 Å². The van der Waals surface area contributed by atoms with Gasteiger partial charge in [-0.1, -0.05) is 152 Å². The highest BCUT2D eigenvalue weighted by Gasteiger charge is 2.32. The minimum absolute atomic E-state index is 0.00130. The number of carbonyl (C=O) groups excluding carboxylic acids is 6. The summed E-state index contributed by atoms with van der Waals surface area (Å²) in [6.07, 6.45) is -0.881. The molecule has 0 spiro atoms. The molecule has 4 rings (SSSR count). The number of benzene rings is 3. The average molecular weight is 957 g/mol. The summed E-state index contributed by atoms with van der Waals surface area (Å²) in [6.45, 7) is 9.24. The van der Waals surface area contributed by atoms with E-state index >= 15 is 0 Å². The van der Waals surface area contributed by atoms with E-state index in [1.54, 1.807) is 81.4 Å². The van der Waals surface area contributed by atoms with Gasteiger partial charge in [-0.15, -0.1) is 0 Å². The van der Waals surface area contributed by atoms with E-state index in [1.807, 2.05) is 51.1 Å². The van der Waals surface area contributed by atoms with Crippen LogP contribution >= 0.6 is 0 Å². The first-order valence-corrected chi connectivity index (χ1v) is 23.0. The molecular weight excluding hydrogens is 893 g/mol. The Morgan fingerprint density at radius 1 is 0.536 bits per heavy atom. The maximum absolute atomic E-state index is 13.6. The number of rotatable bonds is 26. The van der Waals surface area contributed by atoms with Crippen LogP contribution in [0, 0.1) is 17.8 Å². The fourth-order valence-corrected chi connectivity index (χ4v) is 6.38. The van der Waals surface area contributed by atoms with Gasteiger partial charge in [0.05, 0.1) is 0 Å². The smallest absolute Gasteiger partial charge is 0.408 e. The number of nitrogens with zero attached hydrogens (tertiary/aromatic N) is 2. The summed E-state index contributed by atoms with van der Waals surface area (Å²) in [5.41, 5.74) is 1.41. The minimum Gasteiger partial charge on any atom is -0.461 e. The van der Waals surface area contributed by atoms with E-state index in [1.165, 1.54) is 12.3 Å². The number of hydrogen-bond donors (Lipinski definition) is 4. The van der Waals surface area contributed by atoms with Crippen molar-refractivity contribution in [2.24, 2.45) is 17.8 Å². The monoisotopic (exact) mass is 956 g/mol. The van der Waals surface area contributed by atoms with E-state index in [9.17, 15) is 33.6 Å². The maximum Gasteiger partial charge on any atom is 0.408 e. The van der Waals surface area contributed by atoms with Crippen molar-refractivity contribution in [1.29, 1.82) is 0 Å². The lowest BCUT2D eigenvalue weighted by Crippen LogP contribution is -2.48. The van der Waals surface area contributed by atoms with E-state index < -0.39 is 97.8 Å². The van der Waals surface area contributed by atoms with E-state index in [2.05, 4.69) is 26.3 Å². The summed E-state index contributed by atoms with van der Waals surface area (Å²) in [4.78, 5) is 96.1. The lowest BCUT2D eigenvalue weighted by Gasteiger charge is -2.26. The summed E-state index contributed by atoms with van der Waals surface area (Å²) in [6, 6.07) is 25.1. The highest BCUT2D eigenvalue weighted by molar-refractivity contribution is 5.96. The first-order valence-electron chi connectivity index (χ1n) is 23.0. The van der Waals surface area contributed by atoms with E-state index in [4.69, 9.17) is 28.4 Å². The van der Waals surface area contributed by atoms with E-state index in [0.717, 1.165) is 21.3 Å². The lowest BCUT2D eigenvalue weighted by atomic mass is 9.98. The zero-order valence-electron chi connectivity index (χ0n) is 39.9. The Hall–Kier alpha value is -7.28. The van der Waals surface area contributed by atoms with E-state index in [0.29, 0.717) is 19.3 Å². The molecule has 0 saturated heterocycles. The Balaban J connectivity index is 1.45. The van der Waals surface area contributed by atoms with Crippen LogP contribution in [0.25, 0.3) is 0 Å². The van der Waals surface area contributed by atoms with E-state index in [-0.39, 0.29) is 31.6 Å². The molecule has 3 aromatic carbocycles. The van der Waals surface area contributed by atoms with Crippen LogP contribution in [0.4, 0.5) is 20.2 Å². The summed E-state index contributed by atoms with van der Waals surface area (Å²) in [5, 5.41) is 10.3. The van der Waals surface area contributed by atoms with Crippen molar-refractivity contribution in [2.75, 3.05) is 18.5 Å². The first kappa shape index (κ1) is 54.3. The molecular formula is C50H64N6O13. The zero-order chi connectivity index (χ0) is 50.1. The Bertz CT molecular complexity index is 2210. The quantitative estimate of drug-likeness (QED) is 0.0382. The molecule has 0 unspecified atom stereocenters. The molecule has 0 bridgehead atoms. The third kappa shape index (κ3) is 18.7. The number of amides is 4. The van der Waals surface area contributed by atoms with Gasteiger partial charge in [0, 0.05) is 6.20 Å². The predicted octanol–water partition coefficient (Wildman–Crippen LogP) is 6.63. The zero-order valence-corrected chi connectivity index (χ0v) is 39.9. The molecule has 69 heavy (non-hydrogen) atoms. The van der Waals surface area contributed by atoms with Crippen molar-refractivity contribution >= 4 is 41.9 Å². The molecule has 0 aliphatic carbocycles. The van der Waals surface area contributed by atoms with Crippen LogP contribution in [0.2, 0.25) is 0 Å². The third-order valence-corrected chi connectivity index (χ3v) is 11.3. The van der Waals surface area contributed by atoms with Crippen molar-refractivity contribution in [1.82, 2.24) is 25.5 Å². The Morgan fingerprint density at radius 3 is 1.29 bits per heavy atom. The minimum atomic E-state index is -1.20. The highest BCUT2D eigenvalue weighted by atomic mass is 16.6. The second-order valence-corrected chi connectivity index (χ2v) is 16.4. The van der Waals surface area contributed by atoms with Crippen LogP contribution in [0.3, 0.4) is 0 Å². The predicted molar refractivity (Wildman–Crippen MR) is 253 cm³/mol. The molecule has 19 nitrogen and oxygen atoms in total. The molecule has 372 valence electrons. The van der Waals surface area contributed by atoms with Gasteiger partial charge >= 0.3 is 35.9 Å². The number of ether oxygens (including phenoxy) is 6. The number of alkyl carbamates (subject to hydrolysis) is 3. The number of nitrogens with one attached hydrogen (secondary N) is 4. The van der Waals surface area contributed by atoms with Crippen molar-refractivity contribution in [3.63, 3.8) is 0 Å². The van der Waals surface area contributed by atoms with Gasteiger partial charge in [0.25, 0.3) is 0 Å². The molecule has 6 atom stereocenters. The summed E-state index contributed by atoms with van der Waals surface area (Å²) >= 11 is 0. The van der Waals surface area contributed by atoms with Crippen LogP contribution in [0.5, 0.6) is 0 Å². The number of carbonyl (C=O) groups is 6. The molecule has 4 N–H and O–H groups in total. The van der Waals surface area contributed by atoms with Gasteiger partial charge in [-0.3, -0.25) is 9.36 Å². The van der Waals surface area contributed by atoms with Crippen molar-refractivity contribution in [3.05, 3.63) is 130 Å². The molecule has 0 aliphatic rings. The number of hydrogen-bond acceptors (Lipinski definition) is 14. The summed E-state index contributed by atoms with van der Waals surface area (Å²) in [5.74, 6) is -3.49. The number of anilines is 1. The van der Waals surface area contributed by atoms with Gasteiger partial charge in [0.15, 0.2) is 0 Å². The molecule has 0 fully saturated rings. The fraction of sp³-hybridized carbons (Fsp3) is 0.440. The second-order valence-electron chi connectivity index (χ2n) is 16.4. The van der Waals surface area contributed by atoms with Gasteiger partial charge in [0.2, 0.25) is 5.91 Å². The SMILES string of the molecule is CC[C@H](C)[C@H](NC(=O)OCc1ccccc1)C(=O)Nc1ccn(COC(COC(=O)[C@@H](NC(=O)OCc2ccccc2)[C@@H](C)CC)COC(=O)[C@@H](NC(=O)OCc2ccccc2)[C@@H](C)CC)c(=O)n1. The molecule has 4 aromatic rings. The van der Waals surface area contributed by atoms with Crippen LogP contribution in [0.1, 0.15) is 77.5 Å². The summed E-state index contributed by atoms with van der Waals surface area (Å²) in [7, 11) is 0. The highest BCUT2D eigenvalue weighted by Crippen LogP contribution is 2.15. The van der Waals surface area contributed by atoms with Crippen molar-refractivity contribution in [2.45, 2.75) is 112 Å². The van der Waals surface area contributed by atoms with Gasteiger partial charge in [-0.05, 0) is 40.5 Å². The Morgan fingerprint density at radius 2 is 0.913 bits per heavy atom. The molecule has 1 aromatic heterocycles. The molecule has 19 heteroatoms. The van der Waals surface area contributed by atoms with Crippen LogP contribution in [-0.4, -0.2) is 83.1 Å². The normalized spacial score (nSPS) is 13.6. The lowest BCUT2D eigenvalue weighted by molar-refractivity contribution is -0.161. The Kier molecular flexibility index (Phi) is 22.7. The average Bonchev–Trinajstić information content (AvgIpc) is 3.37. The maximum atomic E-state index is 13.6. The molecule has 1 heterocycles. The molecule has 0 saturated carbocycles. The van der Waals surface area contributed by atoms with Crippen molar-refractivity contribution < 1.29 is 57.2 Å². The third-order valence-electron chi connectivity index (χ3n) is 11.3. The number of esters is 2. The Labute approximate surface area is 401 Å².